The maximum Gasteiger partial charge on any atom is 0.425 e. The molecule has 3 fully saturated rings. The number of ether oxygens (including phenoxy) is 2. The van der Waals surface area contributed by atoms with E-state index in [2.05, 4.69) is 5.32 Å². The fraction of sp³-hybridized carbons (Fsp3) is 0.619. The third kappa shape index (κ3) is 5.46. The van der Waals surface area contributed by atoms with Crippen molar-refractivity contribution in [1.29, 1.82) is 0 Å². The van der Waals surface area contributed by atoms with Crippen LogP contribution in [0.4, 0.5) is 22.4 Å². The second-order valence-corrected chi connectivity index (χ2v) is 8.93. The molecule has 4 rings (SSSR count). The van der Waals surface area contributed by atoms with Gasteiger partial charge in [-0.15, -0.1) is 0 Å². The molecule has 1 N–H and O–H groups in total. The quantitative estimate of drug-likeness (QED) is 0.656. The van der Waals surface area contributed by atoms with Crippen molar-refractivity contribution in [3.8, 4) is 5.75 Å². The van der Waals surface area contributed by atoms with Gasteiger partial charge in [0.25, 0.3) is 0 Å². The van der Waals surface area contributed by atoms with Gasteiger partial charge < -0.3 is 24.6 Å². The van der Waals surface area contributed by atoms with Gasteiger partial charge in [-0.2, -0.15) is 13.2 Å². The Kier molecular flexibility index (Phi) is 6.90. The molecular formula is C21H24ClF4N3O4. The number of carbonyl (C=O) groups excluding carboxylic acids is 2. The maximum atomic E-state index is 13.8. The summed E-state index contributed by atoms with van der Waals surface area (Å²) in [4.78, 5) is 27.6. The van der Waals surface area contributed by atoms with Gasteiger partial charge in [-0.25, -0.2) is 9.18 Å². The second-order valence-electron chi connectivity index (χ2n) is 8.52. The lowest BCUT2D eigenvalue weighted by atomic mass is 9.90. The van der Waals surface area contributed by atoms with E-state index in [1.54, 1.807) is 4.90 Å². The van der Waals surface area contributed by atoms with Crippen molar-refractivity contribution in [2.24, 2.45) is 5.92 Å². The van der Waals surface area contributed by atoms with Crippen molar-refractivity contribution in [3.63, 3.8) is 0 Å². The Bertz CT molecular complexity index is 895. The van der Waals surface area contributed by atoms with Crippen LogP contribution in [-0.2, 0) is 9.53 Å². The van der Waals surface area contributed by atoms with E-state index in [1.807, 2.05) is 0 Å². The van der Waals surface area contributed by atoms with Crippen LogP contribution in [0.1, 0.15) is 19.3 Å². The highest BCUT2D eigenvalue weighted by Gasteiger charge is 2.48. The average Bonchev–Trinajstić information content (AvgIpc) is 2.77. The predicted molar refractivity (Wildman–Crippen MR) is 109 cm³/mol. The molecule has 0 spiro atoms. The Morgan fingerprint density at radius 3 is 2.55 bits per heavy atom. The summed E-state index contributed by atoms with van der Waals surface area (Å²) in [5, 5.41) is 2.59. The Labute approximate surface area is 192 Å². The summed E-state index contributed by atoms with van der Waals surface area (Å²) in [6, 6.07) is 2.41. The van der Waals surface area contributed by atoms with E-state index < -0.39 is 24.0 Å². The molecule has 182 valence electrons. The molecular weight excluding hydrogens is 470 g/mol. The largest absolute Gasteiger partial charge is 0.479 e. The first-order valence-corrected chi connectivity index (χ1v) is 11.1. The SMILES string of the molecule is O=C1COC2CCN(C(=O)N3CCC(C(Oc4ccc(F)cc4Cl)C(F)(F)F)CC3)CC2N1. The lowest BCUT2D eigenvalue weighted by Gasteiger charge is -2.44. The number of hydrogen-bond acceptors (Lipinski definition) is 4. The fourth-order valence-electron chi connectivity index (χ4n) is 4.60. The van der Waals surface area contributed by atoms with Crippen LogP contribution in [0, 0.1) is 11.7 Å². The number of halogens is 5. The molecule has 0 bridgehead atoms. The summed E-state index contributed by atoms with van der Waals surface area (Å²) in [7, 11) is 0. The summed E-state index contributed by atoms with van der Waals surface area (Å²) in [6.45, 7) is 1.04. The highest BCUT2D eigenvalue weighted by Crippen LogP contribution is 2.37. The van der Waals surface area contributed by atoms with Crippen molar-refractivity contribution in [3.05, 3.63) is 29.0 Å². The number of benzene rings is 1. The van der Waals surface area contributed by atoms with Crippen LogP contribution in [0.25, 0.3) is 0 Å². The molecule has 3 aliphatic rings. The van der Waals surface area contributed by atoms with E-state index in [0.717, 1.165) is 18.2 Å². The summed E-state index contributed by atoms with van der Waals surface area (Å²) in [5.74, 6) is -2.03. The smallest absolute Gasteiger partial charge is 0.425 e. The molecule has 3 atom stereocenters. The average molecular weight is 494 g/mol. The molecule has 1 aromatic rings. The molecule has 12 heteroatoms. The summed E-state index contributed by atoms with van der Waals surface area (Å²) in [5.41, 5.74) is 0. The molecule has 7 nitrogen and oxygen atoms in total. The van der Waals surface area contributed by atoms with Crippen LogP contribution < -0.4 is 10.1 Å². The maximum absolute atomic E-state index is 13.8. The number of alkyl halides is 3. The first-order chi connectivity index (χ1) is 15.6. The van der Waals surface area contributed by atoms with Crippen molar-refractivity contribution in [2.75, 3.05) is 32.8 Å². The fourth-order valence-corrected chi connectivity index (χ4v) is 4.82. The van der Waals surface area contributed by atoms with E-state index in [1.165, 1.54) is 4.90 Å². The number of amides is 3. The zero-order valence-electron chi connectivity index (χ0n) is 17.6. The van der Waals surface area contributed by atoms with Gasteiger partial charge >= 0.3 is 12.2 Å². The highest BCUT2D eigenvalue weighted by molar-refractivity contribution is 6.32. The highest BCUT2D eigenvalue weighted by atomic mass is 35.5. The van der Waals surface area contributed by atoms with Crippen molar-refractivity contribution in [2.45, 2.75) is 43.7 Å². The number of carbonyl (C=O) groups is 2. The summed E-state index contributed by atoms with van der Waals surface area (Å²) in [6.07, 6.45) is -6.16. The molecule has 3 saturated heterocycles. The monoisotopic (exact) mass is 493 g/mol. The lowest BCUT2D eigenvalue weighted by molar-refractivity contribution is -0.213. The van der Waals surface area contributed by atoms with Crippen molar-refractivity contribution in [1.82, 2.24) is 15.1 Å². The minimum atomic E-state index is -4.66. The molecule has 0 saturated carbocycles. The van der Waals surface area contributed by atoms with Crippen molar-refractivity contribution < 1.29 is 36.6 Å². The number of nitrogens with one attached hydrogen (secondary N) is 1. The molecule has 33 heavy (non-hydrogen) atoms. The third-order valence-electron chi connectivity index (χ3n) is 6.30. The molecule has 0 aromatic heterocycles. The molecule has 3 aliphatic heterocycles. The van der Waals surface area contributed by atoms with Crippen LogP contribution in [-0.4, -0.2) is 79.0 Å². The van der Waals surface area contributed by atoms with Crippen LogP contribution in [0.5, 0.6) is 5.75 Å². The zero-order valence-corrected chi connectivity index (χ0v) is 18.4. The number of fused-ring (bicyclic) bond motifs is 1. The molecule has 3 heterocycles. The predicted octanol–water partition coefficient (Wildman–Crippen LogP) is 3.21. The Balaban J connectivity index is 1.36. The molecule has 0 aliphatic carbocycles. The van der Waals surface area contributed by atoms with E-state index in [0.29, 0.717) is 19.5 Å². The Morgan fingerprint density at radius 1 is 1.18 bits per heavy atom. The van der Waals surface area contributed by atoms with Gasteiger partial charge in [0.1, 0.15) is 18.2 Å². The molecule has 3 amide bonds. The minimum Gasteiger partial charge on any atom is -0.479 e. The van der Waals surface area contributed by atoms with Gasteiger partial charge in [-0.05, 0) is 37.5 Å². The minimum absolute atomic E-state index is 0.00814. The van der Waals surface area contributed by atoms with Gasteiger partial charge in [0.15, 0.2) is 6.10 Å². The van der Waals surface area contributed by atoms with E-state index in [4.69, 9.17) is 21.1 Å². The Morgan fingerprint density at radius 2 is 1.88 bits per heavy atom. The van der Waals surface area contributed by atoms with Crippen LogP contribution in [0.15, 0.2) is 18.2 Å². The first kappa shape index (κ1) is 23.9. The molecule has 3 unspecified atom stereocenters. The molecule has 1 aromatic carbocycles. The van der Waals surface area contributed by atoms with Crippen molar-refractivity contribution >= 4 is 23.5 Å². The molecule has 0 radical (unpaired) electrons. The van der Waals surface area contributed by atoms with Gasteiger partial charge in [0, 0.05) is 32.1 Å². The standard InChI is InChI=1S/C21H24ClF4N3O4/c22-14-9-13(23)1-2-16(14)33-19(21(24,25)26)12-3-6-28(7-4-12)20(31)29-8-5-17-15(10-29)27-18(30)11-32-17/h1-2,9,12,15,17,19H,3-8,10-11H2,(H,27,30). The first-order valence-electron chi connectivity index (χ1n) is 10.7. The second kappa shape index (κ2) is 9.54. The summed E-state index contributed by atoms with van der Waals surface area (Å²) >= 11 is 5.85. The van der Waals surface area contributed by atoms with Gasteiger partial charge in [0.05, 0.1) is 17.2 Å². The van der Waals surface area contributed by atoms with E-state index in [-0.39, 0.29) is 67.4 Å². The lowest BCUT2D eigenvalue weighted by Crippen LogP contribution is -2.62. The number of piperidine rings is 2. The number of morpholine rings is 1. The Hall–Kier alpha value is -2.27. The topological polar surface area (TPSA) is 71.1 Å². The van der Waals surface area contributed by atoms with E-state index >= 15 is 0 Å². The summed E-state index contributed by atoms with van der Waals surface area (Å²) < 4.78 is 65.2. The van der Waals surface area contributed by atoms with E-state index in [9.17, 15) is 27.2 Å². The van der Waals surface area contributed by atoms with Crippen LogP contribution in [0.2, 0.25) is 5.02 Å². The van der Waals surface area contributed by atoms with Gasteiger partial charge in [0.2, 0.25) is 5.91 Å². The number of nitrogens with zero attached hydrogens (tertiary/aromatic N) is 2. The van der Waals surface area contributed by atoms with Gasteiger partial charge in [-0.3, -0.25) is 4.79 Å². The van der Waals surface area contributed by atoms with Crippen LogP contribution >= 0.6 is 11.6 Å². The third-order valence-corrected chi connectivity index (χ3v) is 6.60. The number of likely N-dealkylation sites (tertiary alicyclic amines) is 2. The normalized spacial score (nSPS) is 25.3. The zero-order chi connectivity index (χ0) is 23.8. The number of rotatable bonds is 3. The van der Waals surface area contributed by atoms with Crippen LogP contribution in [0.3, 0.4) is 0 Å². The van der Waals surface area contributed by atoms with Gasteiger partial charge in [-0.1, -0.05) is 11.6 Å². The number of hydrogen-bond donors (Lipinski definition) is 1. The number of urea groups is 1.